The summed E-state index contributed by atoms with van der Waals surface area (Å²) in [6, 6.07) is 6.37. The summed E-state index contributed by atoms with van der Waals surface area (Å²) in [5.74, 6) is 1.33. The van der Waals surface area contributed by atoms with Crippen molar-refractivity contribution in [3.8, 4) is 5.75 Å². The van der Waals surface area contributed by atoms with Crippen molar-refractivity contribution in [1.29, 1.82) is 0 Å². The Morgan fingerprint density at radius 3 is 2.59 bits per heavy atom. The van der Waals surface area contributed by atoms with Gasteiger partial charge in [0, 0.05) is 6.04 Å². The summed E-state index contributed by atoms with van der Waals surface area (Å²) in [5, 5.41) is 4.18. The van der Waals surface area contributed by atoms with Crippen molar-refractivity contribution in [3.63, 3.8) is 0 Å². The van der Waals surface area contributed by atoms with Gasteiger partial charge in [-0.3, -0.25) is 0 Å². The van der Waals surface area contributed by atoms with Gasteiger partial charge in [-0.1, -0.05) is 44.9 Å². The molecule has 2 unspecified atom stereocenters. The predicted molar refractivity (Wildman–Crippen MR) is 73.9 cm³/mol. The molecule has 1 rings (SSSR count). The van der Waals surface area contributed by atoms with E-state index in [-0.39, 0.29) is 0 Å². The molecule has 0 radical (unpaired) electrons. The number of hydrogen-bond donors (Lipinski definition) is 1. The van der Waals surface area contributed by atoms with Crippen molar-refractivity contribution in [2.24, 2.45) is 5.92 Å². The highest BCUT2D eigenvalue weighted by Gasteiger charge is 2.18. The van der Waals surface area contributed by atoms with Crippen LogP contribution in [0.1, 0.15) is 38.8 Å². The van der Waals surface area contributed by atoms with Gasteiger partial charge in [0.05, 0.1) is 12.1 Å². The SMILES string of the molecule is CCNC(c1ccc(Cl)c(OC)c1)C(C)CC. The fraction of sp³-hybridized carbons (Fsp3) is 0.571. The Morgan fingerprint density at radius 1 is 1.35 bits per heavy atom. The predicted octanol–water partition coefficient (Wildman–Crippen LogP) is 4.05. The third-order valence-corrected chi connectivity index (χ3v) is 3.48. The maximum absolute atomic E-state index is 6.05. The molecule has 3 heteroatoms. The number of nitrogens with one attached hydrogen (secondary N) is 1. The molecular formula is C14H22ClNO. The molecule has 0 aliphatic carbocycles. The van der Waals surface area contributed by atoms with Crippen molar-refractivity contribution >= 4 is 11.6 Å². The van der Waals surface area contributed by atoms with E-state index >= 15 is 0 Å². The average Bonchev–Trinajstić information content (AvgIpc) is 2.36. The normalized spacial score (nSPS) is 14.4. The number of methoxy groups -OCH3 is 1. The van der Waals surface area contributed by atoms with E-state index in [0.29, 0.717) is 17.0 Å². The van der Waals surface area contributed by atoms with Gasteiger partial charge in [0.1, 0.15) is 5.75 Å². The van der Waals surface area contributed by atoms with E-state index in [4.69, 9.17) is 16.3 Å². The molecule has 0 bridgehead atoms. The molecule has 0 saturated carbocycles. The van der Waals surface area contributed by atoms with E-state index in [1.807, 2.05) is 12.1 Å². The summed E-state index contributed by atoms with van der Waals surface area (Å²) in [5.41, 5.74) is 1.24. The first-order chi connectivity index (χ1) is 8.13. The van der Waals surface area contributed by atoms with Crippen LogP contribution in [-0.4, -0.2) is 13.7 Å². The lowest BCUT2D eigenvalue weighted by molar-refractivity contribution is 0.379. The van der Waals surface area contributed by atoms with Gasteiger partial charge in [-0.15, -0.1) is 0 Å². The molecule has 0 aliphatic rings. The lowest BCUT2D eigenvalue weighted by Gasteiger charge is -2.25. The first-order valence-corrected chi connectivity index (χ1v) is 6.58. The van der Waals surface area contributed by atoms with E-state index in [9.17, 15) is 0 Å². The van der Waals surface area contributed by atoms with Crippen LogP contribution in [0, 0.1) is 5.92 Å². The zero-order valence-electron chi connectivity index (χ0n) is 11.1. The van der Waals surface area contributed by atoms with Crippen molar-refractivity contribution < 1.29 is 4.74 Å². The molecule has 0 aliphatic heterocycles. The van der Waals surface area contributed by atoms with Crippen LogP contribution in [-0.2, 0) is 0 Å². The molecule has 2 nitrogen and oxygen atoms in total. The van der Waals surface area contributed by atoms with Gasteiger partial charge < -0.3 is 10.1 Å². The minimum atomic E-state index is 0.358. The molecule has 0 heterocycles. The first-order valence-electron chi connectivity index (χ1n) is 6.20. The summed E-state index contributed by atoms with van der Waals surface area (Å²) < 4.78 is 5.27. The Hall–Kier alpha value is -0.730. The lowest BCUT2D eigenvalue weighted by Crippen LogP contribution is -2.26. The first kappa shape index (κ1) is 14.3. The molecule has 0 fully saturated rings. The van der Waals surface area contributed by atoms with Crippen LogP contribution in [0.5, 0.6) is 5.75 Å². The molecule has 0 aromatic heterocycles. The summed E-state index contributed by atoms with van der Waals surface area (Å²) in [6.07, 6.45) is 1.14. The average molecular weight is 256 g/mol. The third-order valence-electron chi connectivity index (χ3n) is 3.17. The van der Waals surface area contributed by atoms with Crippen LogP contribution < -0.4 is 10.1 Å². The number of halogens is 1. The van der Waals surface area contributed by atoms with E-state index in [0.717, 1.165) is 18.7 Å². The summed E-state index contributed by atoms with van der Waals surface area (Å²) in [6.45, 7) is 7.55. The topological polar surface area (TPSA) is 21.3 Å². The summed E-state index contributed by atoms with van der Waals surface area (Å²) >= 11 is 6.05. The van der Waals surface area contributed by atoms with Gasteiger partial charge in [0.15, 0.2) is 0 Å². The van der Waals surface area contributed by atoms with Crippen molar-refractivity contribution in [2.45, 2.75) is 33.2 Å². The van der Waals surface area contributed by atoms with E-state index in [2.05, 4.69) is 32.2 Å². The molecule has 17 heavy (non-hydrogen) atoms. The fourth-order valence-corrected chi connectivity index (χ4v) is 2.17. The molecule has 2 atom stereocenters. The summed E-state index contributed by atoms with van der Waals surface area (Å²) in [4.78, 5) is 0. The third kappa shape index (κ3) is 3.62. The standard InChI is InChI=1S/C14H22ClNO/c1-5-10(3)14(16-6-2)11-7-8-12(15)13(9-11)17-4/h7-10,14,16H,5-6H2,1-4H3. The number of benzene rings is 1. The fourth-order valence-electron chi connectivity index (χ4n) is 1.97. The van der Waals surface area contributed by atoms with Crippen molar-refractivity contribution in [1.82, 2.24) is 5.32 Å². The van der Waals surface area contributed by atoms with Gasteiger partial charge >= 0.3 is 0 Å². The second kappa shape index (κ2) is 6.87. The maximum atomic E-state index is 6.05. The molecule has 0 amide bonds. The van der Waals surface area contributed by atoms with Crippen LogP contribution in [0.2, 0.25) is 5.02 Å². The van der Waals surface area contributed by atoms with Crippen LogP contribution in [0.4, 0.5) is 0 Å². The monoisotopic (exact) mass is 255 g/mol. The highest BCUT2D eigenvalue weighted by atomic mass is 35.5. The molecule has 1 aromatic rings. The van der Waals surface area contributed by atoms with Gasteiger partial charge in [0.2, 0.25) is 0 Å². The lowest BCUT2D eigenvalue weighted by atomic mass is 9.92. The minimum absolute atomic E-state index is 0.358. The van der Waals surface area contributed by atoms with Crippen LogP contribution in [0.25, 0.3) is 0 Å². The number of rotatable bonds is 6. The van der Waals surface area contributed by atoms with E-state index in [1.165, 1.54) is 5.56 Å². The van der Waals surface area contributed by atoms with Crippen LogP contribution in [0.15, 0.2) is 18.2 Å². The Balaban J connectivity index is 3.01. The molecular weight excluding hydrogens is 234 g/mol. The van der Waals surface area contributed by atoms with Crippen LogP contribution >= 0.6 is 11.6 Å². The Kier molecular flexibility index (Phi) is 5.79. The van der Waals surface area contributed by atoms with Gasteiger partial charge in [-0.2, -0.15) is 0 Å². The van der Waals surface area contributed by atoms with Gasteiger partial charge in [0.25, 0.3) is 0 Å². The zero-order valence-corrected chi connectivity index (χ0v) is 11.8. The highest BCUT2D eigenvalue weighted by molar-refractivity contribution is 6.32. The molecule has 0 spiro atoms. The van der Waals surface area contributed by atoms with E-state index < -0.39 is 0 Å². The smallest absolute Gasteiger partial charge is 0.137 e. The summed E-state index contributed by atoms with van der Waals surface area (Å²) in [7, 11) is 1.65. The Morgan fingerprint density at radius 2 is 2.06 bits per heavy atom. The van der Waals surface area contributed by atoms with E-state index in [1.54, 1.807) is 7.11 Å². The zero-order chi connectivity index (χ0) is 12.8. The van der Waals surface area contributed by atoms with Crippen molar-refractivity contribution in [2.75, 3.05) is 13.7 Å². The largest absolute Gasteiger partial charge is 0.495 e. The molecule has 1 aromatic carbocycles. The maximum Gasteiger partial charge on any atom is 0.137 e. The number of ether oxygens (including phenoxy) is 1. The van der Waals surface area contributed by atoms with Crippen molar-refractivity contribution in [3.05, 3.63) is 28.8 Å². The molecule has 96 valence electrons. The minimum Gasteiger partial charge on any atom is -0.495 e. The van der Waals surface area contributed by atoms with Crippen LogP contribution in [0.3, 0.4) is 0 Å². The molecule has 1 N–H and O–H groups in total. The second-order valence-corrected chi connectivity index (χ2v) is 4.72. The Labute approximate surface area is 109 Å². The number of hydrogen-bond acceptors (Lipinski definition) is 2. The van der Waals surface area contributed by atoms with Gasteiger partial charge in [-0.25, -0.2) is 0 Å². The Bertz CT molecular complexity index is 354. The highest BCUT2D eigenvalue weighted by Crippen LogP contribution is 2.31. The molecule has 0 saturated heterocycles. The van der Waals surface area contributed by atoms with Gasteiger partial charge in [-0.05, 0) is 30.2 Å². The quantitative estimate of drug-likeness (QED) is 0.828. The second-order valence-electron chi connectivity index (χ2n) is 4.31.